The Balaban J connectivity index is 2.50. The number of hydrogen-bond acceptors (Lipinski definition) is 5. The molecule has 7 heteroatoms. The summed E-state index contributed by atoms with van der Waals surface area (Å²) in [4.78, 5) is 27.2. The summed E-state index contributed by atoms with van der Waals surface area (Å²) in [5.41, 5.74) is 1.13. The molecule has 0 aliphatic heterocycles. The Morgan fingerprint density at radius 1 is 1.30 bits per heavy atom. The Kier molecular flexibility index (Phi) is 4.39. The number of aromatic nitrogens is 2. The maximum Gasteiger partial charge on any atom is 0.354 e. The Morgan fingerprint density at radius 3 is 2.70 bits per heavy atom. The summed E-state index contributed by atoms with van der Waals surface area (Å²) in [6.07, 6.45) is 3.45. The van der Waals surface area contributed by atoms with Crippen molar-refractivity contribution in [3.63, 3.8) is 0 Å². The molecule has 0 aromatic carbocycles. The summed E-state index contributed by atoms with van der Waals surface area (Å²) in [6.45, 7) is 0.318. The van der Waals surface area contributed by atoms with Crippen molar-refractivity contribution < 1.29 is 19.1 Å². The summed E-state index contributed by atoms with van der Waals surface area (Å²) in [5.74, 6) is -0.802. The van der Waals surface area contributed by atoms with E-state index in [2.05, 4.69) is 25.7 Å². The van der Waals surface area contributed by atoms with Gasteiger partial charge in [0, 0.05) is 22.6 Å². The standard InChI is InChI=1S/C13H13BrN2O4/c1-19-12(17)3-4-16-10(13(18)20-2)5-8-9(14)6-15-7-11(8)16/h5-7H,3-4H2,1-2H3. The lowest BCUT2D eigenvalue weighted by Gasteiger charge is -2.08. The van der Waals surface area contributed by atoms with E-state index in [0.29, 0.717) is 12.2 Å². The second kappa shape index (κ2) is 6.04. The molecule has 2 aromatic heterocycles. The van der Waals surface area contributed by atoms with Crippen LogP contribution >= 0.6 is 15.9 Å². The van der Waals surface area contributed by atoms with Gasteiger partial charge in [-0.15, -0.1) is 0 Å². The lowest BCUT2D eigenvalue weighted by molar-refractivity contribution is -0.140. The average molecular weight is 341 g/mol. The van der Waals surface area contributed by atoms with Crippen molar-refractivity contribution in [2.45, 2.75) is 13.0 Å². The molecule has 0 saturated carbocycles. The van der Waals surface area contributed by atoms with Crippen LogP contribution in [0.2, 0.25) is 0 Å². The Morgan fingerprint density at radius 2 is 2.05 bits per heavy atom. The monoisotopic (exact) mass is 340 g/mol. The summed E-state index contributed by atoms with van der Waals surface area (Å²) in [5, 5.41) is 0.838. The van der Waals surface area contributed by atoms with E-state index in [1.807, 2.05) is 0 Å². The highest BCUT2D eigenvalue weighted by Crippen LogP contribution is 2.27. The quantitative estimate of drug-likeness (QED) is 0.797. The fourth-order valence-corrected chi connectivity index (χ4v) is 2.39. The number of hydrogen-bond donors (Lipinski definition) is 0. The summed E-state index contributed by atoms with van der Waals surface area (Å²) in [6, 6.07) is 1.71. The van der Waals surface area contributed by atoms with Crippen LogP contribution in [0.1, 0.15) is 16.9 Å². The Labute approximate surface area is 123 Å². The number of rotatable bonds is 4. The SMILES string of the molecule is COC(=O)CCn1c(C(=O)OC)cc2c(Br)cncc21. The molecule has 0 N–H and O–H groups in total. The normalized spacial score (nSPS) is 10.6. The largest absolute Gasteiger partial charge is 0.469 e. The van der Waals surface area contributed by atoms with Gasteiger partial charge in [-0.1, -0.05) is 0 Å². The van der Waals surface area contributed by atoms with Crippen LogP contribution in [0.3, 0.4) is 0 Å². The number of ether oxygens (including phenoxy) is 2. The van der Waals surface area contributed by atoms with Gasteiger partial charge in [0.25, 0.3) is 0 Å². The molecule has 106 valence electrons. The zero-order valence-electron chi connectivity index (χ0n) is 11.1. The molecule has 0 unspecified atom stereocenters. The van der Waals surface area contributed by atoms with E-state index in [1.54, 1.807) is 23.0 Å². The van der Waals surface area contributed by atoms with Crippen molar-refractivity contribution >= 4 is 38.8 Å². The highest BCUT2D eigenvalue weighted by atomic mass is 79.9. The molecule has 0 atom stereocenters. The zero-order valence-corrected chi connectivity index (χ0v) is 12.6. The van der Waals surface area contributed by atoms with E-state index < -0.39 is 5.97 Å². The summed E-state index contributed by atoms with van der Waals surface area (Å²) in [7, 11) is 2.65. The molecule has 0 bridgehead atoms. The predicted octanol–water partition coefficient (Wildman–Crippen LogP) is 2.15. The fourth-order valence-electron chi connectivity index (χ4n) is 1.96. The number of pyridine rings is 1. The maximum atomic E-state index is 11.8. The molecule has 0 aliphatic rings. The highest BCUT2D eigenvalue weighted by molar-refractivity contribution is 9.10. The predicted molar refractivity (Wildman–Crippen MR) is 75.4 cm³/mol. The minimum Gasteiger partial charge on any atom is -0.469 e. The van der Waals surface area contributed by atoms with Gasteiger partial charge < -0.3 is 14.0 Å². The first-order valence-electron chi connectivity index (χ1n) is 5.86. The topological polar surface area (TPSA) is 70.4 Å². The van der Waals surface area contributed by atoms with Gasteiger partial charge in [0.2, 0.25) is 0 Å². The van der Waals surface area contributed by atoms with Crippen LogP contribution in [-0.2, 0) is 20.8 Å². The first-order valence-corrected chi connectivity index (χ1v) is 6.65. The maximum absolute atomic E-state index is 11.8. The van der Waals surface area contributed by atoms with Gasteiger partial charge in [-0.3, -0.25) is 9.78 Å². The van der Waals surface area contributed by atoms with Crippen molar-refractivity contribution in [2.75, 3.05) is 14.2 Å². The van der Waals surface area contributed by atoms with Gasteiger partial charge in [-0.25, -0.2) is 4.79 Å². The zero-order chi connectivity index (χ0) is 14.7. The molecular formula is C13H13BrN2O4. The number of aryl methyl sites for hydroxylation is 1. The number of carbonyl (C=O) groups is 2. The molecule has 0 aliphatic carbocycles. The molecule has 2 aromatic rings. The molecule has 20 heavy (non-hydrogen) atoms. The van der Waals surface area contributed by atoms with E-state index in [-0.39, 0.29) is 12.4 Å². The third-order valence-corrected chi connectivity index (χ3v) is 3.57. The van der Waals surface area contributed by atoms with Crippen molar-refractivity contribution in [3.8, 4) is 0 Å². The first kappa shape index (κ1) is 14.5. The van der Waals surface area contributed by atoms with Crippen molar-refractivity contribution in [1.29, 1.82) is 0 Å². The van der Waals surface area contributed by atoms with E-state index >= 15 is 0 Å². The molecule has 0 saturated heterocycles. The van der Waals surface area contributed by atoms with Gasteiger partial charge in [0.15, 0.2) is 0 Å². The molecule has 0 spiro atoms. The number of esters is 2. The highest BCUT2D eigenvalue weighted by Gasteiger charge is 2.18. The number of carbonyl (C=O) groups excluding carboxylic acids is 2. The van der Waals surface area contributed by atoms with Crippen LogP contribution < -0.4 is 0 Å². The average Bonchev–Trinajstić information content (AvgIpc) is 2.84. The van der Waals surface area contributed by atoms with Gasteiger partial charge in [-0.05, 0) is 22.0 Å². The van der Waals surface area contributed by atoms with Crippen LogP contribution in [0.15, 0.2) is 22.9 Å². The van der Waals surface area contributed by atoms with E-state index in [0.717, 1.165) is 15.4 Å². The summed E-state index contributed by atoms with van der Waals surface area (Å²) >= 11 is 3.39. The minimum atomic E-state index is -0.460. The third-order valence-electron chi connectivity index (χ3n) is 2.94. The first-order chi connectivity index (χ1) is 9.58. The number of methoxy groups -OCH3 is 2. The smallest absolute Gasteiger partial charge is 0.354 e. The van der Waals surface area contributed by atoms with Crippen molar-refractivity contribution in [1.82, 2.24) is 9.55 Å². The van der Waals surface area contributed by atoms with Crippen LogP contribution in [0.4, 0.5) is 0 Å². The van der Waals surface area contributed by atoms with Gasteiger partial charge >= 0.3 is 11.9 Å². The van der Waals surface area contributed by atoms with Crippen molar-refractivity contribution in [2.24, 2.45) is 0 Å². The lowest BCUT2D eigenvalue weighted by Crippen LogP contribution is -2.13. The number of fused-ring (bicyclic) bond motifs is 1. The lowest BCUT2D eigenvalue weighted by atomic mass is 10.3. The van der Waals surface area contributed by atoms with Crippen LogP contribution in [0.25, 0.3) is 10.9 Å². The van der Waals surface area contributed by atoms with E-state index in [4.69, 9.17) is 4.74 Å². The third kappa shape index (κ3) is 2.67. The Bertz CT molecular complexity index is 666. The Hall–Kier alpha value is -1.89. The van der Waals surface area contributed by atoms with Gasteiger partial charge in [-0.2, -0.15) is 0 Å². The molecule has 6 nitrogen and oxygen atoms in total. The van der Waals surface area contributed by atoms with Crippen LogP contribution in [0, 0.1) is 0 Å². The number of halogens is 1. The molecular weight excluding hydrogens is 328 g/mol. The molecule has 0 fully saturated rings. The second-order valence-corrected chi connectivity index (χ2v) is 4.91. The molecule has 0 amide bonds. The molecule has 0 radical (unpaired) electrons. The van der Waals surface area contributed by atoms with Gasteiger partial charge in [0.1, 0.15) is 5.69 Å². The number of nitrogens with zero attached hydrogens (tertiary/aromatic N) is 2. The van der Waals surface area contributed by atoms with Gasteiger partial charge in [0.05, 0.1) is 32.4 Å². The van der Waals surface area contributed by atoms with Crippen molar-refractivity contribution in [3.05, 3.63) is 28.6 Å². The van der Waals surface area contributed by atoms with Crippen LogP contribution in [-0.4, -0.2) is 35.7 Å². The molecule has 2 heterocycles. The molecule has 2 rings (SSSR count). The van der Waals surface area contributed by atoms with E-state index in [1.165, 1.54) is 14.2 Å². The van der Waals surface area contributed by atoms with Crippen LogP contribution in [0.5, 0.6) is 0 Å². The summed E-state index contributed by atoms with van der Waals surface area (Å²) < 4.78 is 11.9. The second-order valence-electron chi connectivity index (χ2n) is 4.05. The minimum absolute atomic E-state index is 0.163. The fraction of sp³-hybridized carbons (Fsp3) is 0.308. The van der Waals surface area contributed by atoms with E-state index in [9.17, 15) is 9.59 Å².